The van der Waals surface area contributed by atoms with Gasteiger partial charge >= 0.3 is 0 Å². The summed E-state index contributed by atoms with van der Waals surface area (Å²) in [5, 5.41) is 11.1. The highest BCUT2D eigenvalue weighted by Crippen LogP contribution is 2.22. The first-order valence-electron chi connectivity index (χ1n) is 7.35. The van der Waals surface area contributed by atoms with Crippen LogP contribution in [0.15, 0.2) is 52.4 Å². The van der Waals surface area contributed by atoms with E-state index in [2.05, 4.69) is 26.6 Å². The average Bonchev–Trinajstić information content (AvgIpc) is 3.02. The highest BCUT2D eigenvalue weighted by Gasteiger charge is 2.11. The van der Waals surface area contributed by atoms with Crippen LogP contribution in [0.2, 0.25) is 0 Å². The molecule has 1 amide bonds. The number of hydrogen-bond acceptors (Lipinski definition) is 6. The summed E-state index contributed by atoms with van der Waals surface area (Å²) in [4.78, 5) is 16.1. The van der Waals surface area contributed by atoms with Crippen molar-refractivity contribution in [2.75, 3.05) is 11.1 Å². The third kappa shape index (κ3) is 4.20. The van der Waals surface area contributed by atoms with Crippen molar-refractivity contribution in [2.45, 2.75) is 19.1 Å². The molecule has 24 heavy (non-hydrogen) atoms. The fraction of sp³-hybridized carbons (Fsp3) is 0.176. The van der Waals surface area contributed by atoms with Gasteiger partial charge in [0.25, 0.3) is 5.22 Å². The van der Waals surface area contributed by atoms with E-state index in [0.29, 0.717) is 11.1 Å². The highest BCUT2D eigenvalue weighted by atomic mass is 32.2. The van der Waals surface area contributed by atoms with E-state index in [1.807, 2.05) is 32.0 Å². The molecule has 122 valence electrons. The van der Waals surface area contributed by atoms with E-state index < -0.39 is 0 Å². The van der Waals surface area contributed by atoms with Gasteiger partial charge < -0.3 is 9.73 Å². The van der Waals surface area contributed by atoms with E-state index in [1.54, 1.807) is 18.5 Å². The van der Waals surface area contributed by atoms with Crippen LogP contribution in [0.25, 0.3) is 11.5 Å². The zero-order valence-electron chi connectivity index (χ0n) is 13.3. The molecule has 0 spiro atoms. The number of pyridine rings is 1. The van der Waals surface area contributed by atoms with E-state index in [1.165, 1.54) is 11.8 Å². The predicted octanol–water partition coefficient (Wildman–Crippen LogP) is 3.48. The number of carbonyl (C=O) groups excluding carboxylic acids is 1. The summed E-state index contributed by atoms with van der Waals surface area (Å²) < 4.78 is 5.53. The Morgan fingerprint density at radius 2 is 2.00 bits per heavy atom. The molecule has 1 aromatic carbocycles. The van der Waals surface area contributed by atoms with Crippen LogP contribution in [0.5, 0.6) is 0 Å². The van der Waals surface area contributed by atoms with Gasteiger partial charge in [0, 0.05) is 18.1 Å². The third-order valence-corrected chi connectivity index (χ3v) is 3.97. The van der Waals surface area contributed by atoms with Gasteiger partial charge in [0.1, 0.15) is 0 Å². The van der Waals surface area contributed by atoms with Gasteiger partial charge in [0.2, 0.25) is 11.8 Å². The first-order chi connectivity index (χ1) is 11.6. The predicted molar refractivity (Wildman–Crippen MR) is 92.8 cm³/mol. The lowest BCUT2D eigenvalue weighted by Crippen LogP contribution is -2.14. The Morgan fingerprint density at radius 3 is 2.71 bits per heavy atom. The van der Waals surface area contributed by atoms with Crippen molar-refractivity contribution in [2.24, 2.45) is 0 Å². The fourth-order valence-corrected chi connectivity index (χ4v) is 2.81. The van der Waals surface area contributed by atoms with Crippen LogP contribution in [0.1, 0.15) is 11.1 Å². The molecule has 3 rings (SSSR count). The summed E-state index contributed by atoms with van der Waals surface area (Å²) in [5.74, 6) is 0.466. The second-order valence-corrected chi connectivity index (χ2v) is 6.25. The fourth-order valence-electron chi connectivity index (χ4n) is 2.25. The molecule has 6 nitrogen and oxygen atoms in total. The maximum atomic E-state index is 12.1. The number of hydrogen-bond donors (Lipinski definition) is 1. The Balaban J connectivity index is 1.58. The highest BCUT2D eigenvalue weighted by molar-refractivity contribution is 7.99. The Kier molecular flexibility index (Phi) is 4.90. The van der Waals surface area contributed by atoms with E-state index >= 15 is 0 Å². The molecule has 3 aromatic rings. The summed E-state index contributed by atoms with van der Waals surface area (Å²) in [6.07, 6.45) is 3.32. The van der Waals surface area contributed by atoms with Gasteiger partial charge in [-0.2, -0.15) is 0 Å². The van der Waals surface area contributed by atoms with Gasteiger partial charge in [-0.3, -0.25) is 9.78 Å². The van der Waals surface area contributed by atoms with E-state index in [-0.39, 0.29) is 11.7 Å². The summed E-state index contributed by atoms with van der Waals surface area (Å²) in [6.45, 7) is 3.99. The molecule has 2 heterocycles. The summed E-state index contributed by atoms with van der Waals surface area (Å²) in [7, 11) is 0. The average molecular weight is 340 g/mol. The lowest BCUT2D eigenvalue weighted by Gasteiger charge is -2.06. The van der Waals surface area contributed by atoms with Gasteiger partial charge in [0.05, 0.1) is 11.3 Å². The number of aryl methyl sites for hydroxylation is 2. The number of aromatic nitrogens is 3. The molecule has 0 bridgehead atoms. The Morgan fingerprint density at radius 1 is 1.21 bits per heavy atom. The van der Waals surface area contributed by atoms with Crippen molar-refractivity contribution in [3.8, 4) is 11.5 Å². The lowest BCUT2D eigenvalue weighted by molar-refractivity contribution is -0.113. The minimum atomic E-state index is -0.119. The van der Waals surface area contributed by atoms with Crippen LogP contribution < -0.4 is 5.32 Å². The van der Waals surface area contributed by atoms with E-state index in [0.717, 1.165) is 22.4 Å². The van der Waals surface area contributed by atoms with Crippen molar-refractivity contribution in [3.63, 3.8) is 0 Å². The maximum Gasteiger partial charge on any atom is 0.277 e. The Bertz CT molecular complexity index is 829. The van der Waals surface area contributed by atoms with Crippen molar-refractivity contribution in [1.29, 1.82) is 0 Å². The van der Waals surface area contributed by atoms with E-state index in [4.69, 9.17) is 4.42 Å². The Labute approximate surface area is 143 Å². The van der Waals surface area contributed by atoms with Crippen LogP contribution in [-0.2, 0) is 4.79 Å². The number of rotatable bonds is 5. The maximum absolute atomic E-state index is 12.1. The molecule has 0 fully saturated rings. The number of anilines is 1. The quantitative estimate of drug-likeness (QED) is 0.716. The molecule has 0 saturated heterocycles. The molecule has 0 aliphatic heterocycles. The largest absolute Gasteiger partial charge is 0.411 e. The van der Waals surface area contributed by atoms with Crippen molar-refractivity contribution < 1.29 is 9.21 Å². The molecule has 0 aliphatic rings. The summed E-state index contributed by atoms with van der Waals surface area (Å²) in [6, 6.07) is 9.56. The standard InChI is InChI=1S/C17H16N4O2S/c1-11-6-12(2)8-14(7-11)19-15(22)10-24-17-21-20-16(23-17)13-4-3-5-18-9-13/h3-9H,10H2,1-2H3,(H,19,22). The number of benzene rings is 1. The number of nitrogens with one attached hydrogen (secondary N) is 1. The molecule has 0 radical (unpaired) electrons. The van der Waals surface area contributed by atoms with Crippen molar-refractivity contribution >= 4 is 23.4 Å². The monoisotopic (exact) mass is 340 g/mol. The minimum absolute atomic E-state index is 0.119. The second kappa shape index (κ2) is 7.27. The molecular formula is C17H16N4O2S. The van der Waals surface area contributed by atoms with Gasteiger partial charge in [0.15, 0.2) is 0 Å². The van der Waals surface area contributed by atoms with Crippen LogP contribution in [-0.4, -0.2) is 26.8 Å². The molecule has 1 N–H and O–H groups in total. The summed E-state index contributed by atoms with van der Waals surface area (Å²) in [5.41, 5.74) is 3.75. The zero-order valence-corrected chi connectivity index (χ0v) is 14.1. The van der Waals surface area contributed by atoms with Crippen LogP contribution in [0.3, 0.4) is 0 Å². The third-order valence-electron chi connectivity index (χ3n) is 3.15. The minimum Gasteiger partial charge on any atom is -0.411 e. The Hall–Kier alpha value is -2.67. The van der Waals surface area contributed by atoms with Gasteiger partial charge in [-0.25, -0.2) is 0 Å². The number of thioether (sulfide) groups is 1. The summed E-state index contributed by atoms with van der Waals surface area (Å²) >= 11 is 1.20. The SMILES string of the molecule is Cc1cc(C)cc(NC(=O)CSc2nnc(-c3cccnc3)o2)c1. The van der Waals surface area contributed by atoms with Crippen molar-refractivity contribution in [1.82, 2.24) is 15.2 Å². The number of nitrogens with zero attached hydrogens (tertiary/aromatic N) is 3. The van der Waals surface area contributed by atoms with Crippen LogP contribution in [0.4, 0.5) is 5.69 Å². The second-order valence-electron chi connectivity index (χ2n) is 5.33. The van der Waals surface area contributed by atoms with Gasteiger partial charge in [-0.05, 0) is 49.2 Å². The van der Waals surface area contributed by atoms with Crippen LogP contribution >= 0.6 is 11.8 Å². The molecule has 2 aromatic heterocycles. The molecule has 0 aliphatic carbocycles. The molecule has 0 unspecified atom stereocenters. The lowest BCUT2D eigenvalue weighted by atomic mass is 10.1. The first kappa shape index (κ1) is 16.2. The molecule has 0 saturated carbocycles. The molecular weight excluding hydrogens is 324 g/mol. The first-order valence-corrected chi connectivity index (χ1v) is 8.33. The smallest absolute Gasteiger partial charge is 0.277 e. The molecule has 7 heteroatoms. The number of amides is 1. The zero-order chi connectivity index (χ0) is 16.9. The normalized spacial score (nSPS) is 10.6. The van der Waals surface area contributed by atoms with Gasteiger partial charge in [-0.15, -0.1) is 10.2 Å². The van der Waals surface area contributed by atoms with Crippen LogP contribution in [0, 0.1) is 13.8 Å². The molecule has 0 atom stereocenters. The van der Waals surface area contributed by atoms with Gasteiger partial charge in [-0.1, -0.05) is 17.8 Å². The van der Waals surface area contributed by atoms with Crippen molar-refractivity contribution in [3.05, 3.63) is 53.9 Å². The number of carbonyl (C=O) groups is 1. The topological polar surface area (TPSA) is 80.9 Å². The van der Waals surface area contributed by atoms with E-state index in [9.17, 15) is 4.79 Å².